The molecule has 17 heavy (non-hydrogen) atoms. The number of allylic oxidation sites excluding steroid dienone is 1. The molecule has 1 aromatic rings. The largest absolute Gasteiger partial charge is 0.383 e. The number of carbonyl (C=O) groups excluding carboxylic acids is 1. The van der Waals surface area contributed by atoms with E-state index >= 15 is 0 Å². The molecule has 0 spiro atoms. The zero-order chi connectivity index (χ0) is 12.7. The molecule has 5 nitrogen and oxygen atoms in total. The van der Waals surface area contributed by atoms with Gasteiger partial charge in [-0.05, 0) is 5.56 Å². The maximum absolute atomic E-state index is 11.0. The second-order valence-corrected chi connectivity index (χ2v) is 3.34. The molecule has 0 bridgehead atoms. The minimum absolute atomic E-state index is 0.119. The summed E-state index contributed by atoms with van der Waals surface area (Å²) >= 11 is 0. The molecule has 0 aliphatic heterocycles. The van der Waals surface area contributed by atoms with E-state index in [9.17, 15) is 4.79 Å². The molecule has 5 heteroatoms. The molecule has 0 aliphatic rings. The second-order valence-electron chi connectivity index (χ2n) is 3.34. The van der Waals surface area contributed by atoms with E-state index in [-0.39, 0.29) is 11.5 Å². The van der Waals surface area contributed by atoms with Gasteiger partial charge in [-0.3, -0.25) is 9.69 Å². The molecule has 88 valence electrons. The first-order chi connectivity index (χ1) is 8.22. The zero-order valence-electron chi connectivity index (χ0n) is 9.55. The number of carbonyl (C=O) groups is 1. The number of amides is 1. The summed E-state index contributed by atoms with van der Waals surface area (Å²) in [6, 6.07) is 11.3. The van der Waals surface area contributed by atoms with Gasteiger partial charge in [0, 0.05) is 7.05 Å². The average Bonchev–Trinajstić information content (AvgIpc) is 2.38. The standard InChI is InChI=1S/C12H14N4O/c1-15-11(7-13)12(14)16(9-17)8-10-5-3-2-4-6-10/h2-6,9,15H,8,14H2,1H3/b12-11-. The van der Waals surface area contributed by atoms with Crippen LogP contribution in [0.3, 0.4) is 0 Å². The highest BCUT2D eigenvalue weighted by Gasteiger charge is 2.10. The van der Waals surface area contributed by atoms with Crippen molar-refractivity contribution in [2.75, 3.05) is 7.05 Å². The van der Waals surface area contributed by atoms with Crippen LogP contribution in [-0.2, 0) is 11.3 Å². The number of benzene rings is 1. The lowest BCUT2D eigenvalue weighted by Crippen LogP contribution is -2.30. The predicted octanol–water partition coefficient (Wildman–Crippen LogP) is 0.516. The van der Waals surface area contributed by atoms with E-state index in [0.29, 0.717) is 13.0 Å². The van der Waals surface area contributed by atoms with Gasteiger partial charge in [0.2, 0.25) is 6.41 Å². The van der Waals surface area contributed by atoms with Crippen molar-refractivity contribution in [1.29, 1.82) is 5.26 Å². The van der Waals surface area contributed by atoms with Crippen molar-refractivity contribution >= 4 is 6.41 Å². The van der Waals surface area contributed by atoms with Gasteiger partial charge in [-0.25, -0.2) is 0 Å². The summed E-state index contributed by atoms with van der Waals surface area (Å²) in [6.07, 6.45) is 0.608. The van der Waals surface area contributed by atoms with Gasteiger partial charge in [0.05, 0.1) is 6.54 Å². The summed E-state index contributed by atoms with van der Waals surface area (Å²) in [5.41, 5.74) is 6.85. The highest BCUT2D eigenvalue weighted by Crippen LogP contribution is 2.07. The Morgan fingerprint density at radius 3 is 2.65 bits per heavy atom. The molecule has 0 atom stereocenters. The van der Waals surface area contributed by atoms with Crippen LogP contribution in [0.2, 0.25) is 0 Å². The Labute approximate surface area is 100 Å². The predicted molar refractivity (Wildman–Crippen MR) is 63.9 cm³/mol. The van der Waals surface area contributed by atoms with Gasteiger partial charge in [0.25, 0.3) is 0 Å². The maximum Gasteiger partial charge on any atom is 0.215 e. The fourth-order valence-corrected chi connectivity index (χ4v) is 1.34. The number of hydrogen-bond acceptors (Lipinski definition) is 4. The highest BCUT2D eigenvalue weighted by molar-refractivity contribution is 5.52. The third-order valence-electron chi connectivity index (χ3n) is 2.25. The molecule has 1 rings (SSSR count). The molecule has 0 aliphatic carbocycles. The molecule has 0 aromatic heterocycles. The number of nitrogens with zero attached hydrogens (tertiary/aromatic N) is 2. The average molecular weight is 230 g/mol. The molecular formula is C12H14N4O. The number of nitrogens with two attached hydrogens (primary N) is 1. The molecule has 0 saturated carbocycles. The lowest BCUT2D eigenvalue weighted by molar-refractivity contribution is -0.117. The molecule has 0 fully saturated rings. The van der Waals surface area contributed by atoms with Crippen molar-refractivity contribution in [1.82, 2.24) is 10.2 Å². The van der Waals surface area contributed by atoms with E-state index < -0.39 is 0 Å². The minimum Gasteiger partial charge on any atom is -0.383 e. The first kappa shape index (κ1) is 12.6. The smallest absolute Gasteiger partial charge is 0.215 e. The summed E-state index contributed by atoms with van der Waals surface area (Å²) < 4.78 is 0. The monoisotopic (exact) mass is 230 g/mol. The molecule has 1 aromatic carbocycles. The van der Waals surface area contributed by atoms with Gasteiger partial charge in [-0.1, -0.05) is 30.3 Å². The molecule has 0 unspecified atom stereocenters. The minimum atomic E-state index is 0.119. The van der Waals surface area contributed by atoms with Crippen LogP contribution in [0.15, 0.2) is 41.8 Å². The van der Waals surface area contributed by atoms with E-state index in [1.54, 1.807) is 7.05 Å². The Hall–Kier alpha value is -2.48. The fourth-order valence-electron chi connectivity index (χ4n) is 1.34. The van der Waals surface area contributed by atoms with Crippen LogP contribution in [0, 0.1) is 11.3 Å². The summed E-state index contributed by atoms with van der Waals surface area (Å²) in [7, 11) is 1.58. The topological polar surface area (TPSA) is 82.2 Å². The Morgan fingerprint density at radius 2 is 2.18 bits per heavy atom. The maximum atomic E-state index is 11.0. The molecule has 0 radical (unpaired) electrons. The number of rotatable bonds is 5. The van der Waals surface area contributed by atoms with Crippen LogP contribution in [0.25, 0.3) is 0 Å². The zero-order valence-corrected chi connectivity index (χ0v) is 9.55. The number of hydrogen-bond donors (Lipinski definition) is 2. The molecule has 3 N–H and O–H groups in total. The van der Waals surface area contributed by atoms with Crippen molar-refractivity contribution < 1.29 is 4.79 Å². The first-order valence-corrected chi connectivity index (χ1v) is 5.06. The van der Waals surface area contributed by atoms with Gasteiger partial charge >= 0.3 is 0 Å². The van der Waals surface area contributed by atoms with Crippen LogP contribution < -0.4 is 11.1 Å². The first-order valence-electron chi connectivity index (χ1n) is 5.06. The highest BCUT2D eigenvalue weighted by atomic mass is 16.1. The van der Waals surface area contributed by atoms with Crippen LogP contribution in [0.1, 0.15) is 5.56 Å². The van der Waals surface area contributed by atoms with Gasteiger partial charge in [0.1, 0.15) is 11.9 Å². The fraction of sp³-hybridized carbons (Fsp3) is 0.167. The molecule has 0 heterocycles. The van der Waals surface area contributed by atoms with Crippen LogP contribution in [0.5, 0.6) is 0 Å². The third-order valence-corrected chi connectivity index (χ3v) is 2.25. The quantitative estimate of drug-likeness (QED) is 0.570. The molecular weight excluding hydrogens is 216 g/mol. The Balaban J connectivity index is 2.91. The Morgan fingerprint density at radius 1 is 1.53 bits per heavy atom. The third kappa shape index (κ3) is 3.24. The van der Waals surface area contributed by atoms with Crippen molar-refractivity contribution in [3.8, 4) is 6.07 Å². The normalized spacial score (nSPS) is 11.1. The van der Waals surface area contributed by atoms with E-state index in [0.717, 1.165) is 5.56 Å². The number of nitrogens with one attached hydrogen (secondary N) is 1. The van der Waals surface area contributed by atoms with Crippen LogP contribution >= 0.6 is 0 Å². The van der Waals surface area contributed by atoms with Crippen molar-refractivity contribution in [2.24, 2.45) is 5.73 Å². The van der Waals surface area contributed by atoms with Gasteiger partial charge in [-0.15, -0.1) is 0 Å². The van der Waals surface area contributed by atoms with Crippen molar-refractivity contribution in [3.05, 3.63) is 47.4 Å². The second kappa shape index (κ2) is 6.18. The summed E-state index contributed by atoms with van der Waals surface area (Å²) in [5.74, 6) is 0.119. The van der Waals surface area contributed by atoms with Crippen molar-refractivity contribution in [2.45, 2.75) is 6.54 Å². The van der Waals surface area contributed by atoms with Crippen molar-refractivity contribution in [3.63, 3.8) is 0 Å². The van der Waals surface area contributed by atoms with E-state index in [4.69, 9.17) is 11.0 Å². The van der Waals surface area contributed by atoms with Crippen LogP contribution in [-0.4, -0.2) is 18.4 Å². The molecule has 0 saturated heterocycles. The Kier molecular flexibility index (Phi) is 4.58. The summed E-state index contributed by atoms with van der Waals surface area (Å²) in [5, 5.41) is 11.5. The summed E-state index contributed by atoms with van der Waals surface area (Å²) in [4.78, 5) is 12.2. The SMILES string of the molecule is CN/C(C#N)=C(/N)N(C=O)Cc1ccccc1. The van der Waals surface area contributed by atoms with E-state index in [1.807, 2.05) is 36.4 Å². The summed E-state index contributed by atoms with van der Waals surface area (Å²) in [6.45, 7) is 0.336. The Bertz CT molecular complexity index is 447. The van der Waals surface area contributed by atoms with Gasteiger partial charge < -0.3 is 11.1 Å². The van der Waals surface area contributed by atoms with Gasteiger partial charge in [-0.2, -0.15) is 5.26 Å². The van der Waals surface area contributed by atoms with Crippen LogP contribution in [0.4, 0.5) is 0 Å². The van der Waals surface area contributed by atoms with E-state index in [2.05, 4.69) is 5.32 Å². The van der Waals surface area contributed by atoms with E-state index in [1.165, 1.54) is 4.90 Å². The number of nitriles is 1. The molecule has 1 amide bonds. The lowest BCUT2D eigenvalue weighted by atomic mass is 10.2. The lowest BCUT2D eigenvalue weighted by Gasteiger charge is -2.18. The van der Waals surface area contributed by atoms with Gasteiger partial charge in [0.15, 0.2) is 5.70 Å².